The number of carbonyl (C=O) groups excluding carboxylic acids is 1. The number of aromatic nitrogens is 1. The van der Waals surface area contributed by atoms with Crippen molar-refractivity contribution in [2.24, 2.45) is 0 Å². The lowest BCUT2D eigenvalue weighted by Crippen LogP contribution is -2.34. The molecule has 0 N–H and O–H groups in total. The molecule has 1 aromatic carbocycles. The smallest absolute Gasteiger partial charge is 0.219 e. The van der Waals surface area contributed by atoms with E-state index in [1.165, 1.54) is 33.0 Å². The largest absolute Gasteiger partial charge is 0.356 e. The van der Waals surface area contributed by atoms with Crippen LogP contribution in [0.3, 0.4) is 0 Å². The summed E-state index contributed by atoms with van der Waals surface area (Å²) in [6.45, 7) is 8.72. The van der Waals surface area contributed by atoms with Crippen LogP contribution in [0.15, 0.2) is 22.7 Å². The van der Waals surface area contributed by atoms with Crippen LogP contribution >= 0.6 is 11.3 Å². The summed E-state index contributed by atoms with van der Waals surface area (Å²) >= 11 is 1.92. The molecule has 0 saturated carbocycles. The SMILES string of the molecule is CCc1c(CCN2CCC(c3noc4cc(F)ccc34)CC2)sc2c1CCN(C(C)=O)C2. The maximum Gasteiger partial charge on any atom is 0.219 e. The number of likely N-dealkylation sites (tertiary alicyclic amines) is 1. The quantitative estimate of drug-likeness (QED) is 0.548. The third-order valence-electron chi connectivity index (χ3n) is 7.14. The first kappa shape index (κ1) is 21.6. The molecule has 7 heteroatoms. The molecular formula is C25H30FN3O2S. The van der Waals surface area contributed by atoms with Crippen LogP contribution < -0.4 is 0 Å². The number of hydrogen-bond acceptors (Lipinski definition) is 5. The van der Waals surface area contributed by atoms with Gasteiger partial charge in [0.25, 0.3) is 0 Å². The number of halogens is 1. The van der Waals surface area contributed by atoms with Gasteiger partial charge in [-0.2, -0.15) is 0 Å². The monoisotopic (exact) mass is 455 g/mol. The topological polar surface area (TPSA) is 49.6 Å². The van der Waals surface area contributed by atoms with Crippen LogP contribution in [0, 0.1) is 5.82 Å². The van der Waals surface area contributed by atoms with Gasteiger partial charge in [-0.1, -0.05) is 12.1 Å². The molecule has 0 unspecified atom stereocenters. The predicted octanol–water partition coefficient (Wildman–Crippen LogP) is 4.92. The van der Waals surface area contributed by atoms with E-state index in [0.29, 0.717) is 11.5 Å². The summed E-state index contributed by atoms with van der Waals surface area (Å²) in [6, 6.07) is 4.70. The van der Waals surface area contributed by atoms with Crippen molar-refractivity contribution in [3.05, 3.63) is 50.6 Å². The van der Waals surface area contributed by atoms with Gasteiger partial charge < -0.3 is 14.3 Å². The van der Waals surface area contributed by atoms with Crippen molar-refractivity contribution >= 4 is 28.2 Å². The second-order valence-corrected chi connectivity index (χ2v) is 10.2. The van der Waals surface area contributed by atoms with Crippen LogP contribution in [0.4, 0.5) is 4.39 Å². The van der Waals surface area contributed by atoms with Crippen molar-refractivity contribution in [3.63, 3.8) is 0 Å². The van der Waals surface area contributed by atoms with Crippen LogP contribution in [0.5, 0.6) is 0 Å². The highest BCUT2D eigenvalue weighted by molar-refractivity contribution is 7.12. The zero-order valence-corrected chi connectivity index (χ0v) is 19.6. The summed E-state index contributed by atoms with van der Waals surface area (Å²) in [5.41, 5.74) is 4.57. The first-order valence-electron chi connectivity index (χ1n) is 11.7. The minimum atomic E-state index is -0.286. The lowest BCUT2D eigenvalue weighted by atomic mass is 9.91. The lowest BCUT2D eigenvalue weighted by molar-refractivity contribution is -0.129. The van der Waals surface area contributed by atoms with Crippen molar-refractivity contribution < 1.29 is 13.7 Å². The standard InChI is InChI=1S/C25H30FN3O2S/c1-3-19-20-8-13-29(16(2)30)15-24(20)32-23(19)9-12-28-10-6-17(7-11-28)25-21-5-4-18(26)14-22(21)31-27-25/h4-5,14,17H,3,6-13,15H2,1-2H3. The van der Waals surface area contributed by atoms with Gasteiger partial charge in [0, 0.05) is 47.1 Å². The third kappa shape index (κ3) is 4.08. The minimum absolute atomic E-state index is 0.177. The number of amides is 1. The zero-order valence-electron chi connectivity index (χ0n) is 18.8. The molecule has 2 aromatic heterocycles. The zero-order chi connectivity index (χ0) is 22.2. The van der Waals surface area contributed by atoms with Crippen molar-refractivity contribution in [3.8, 4) is 0 Å². The van der Waals surface area contributed by atoms with E-state index in [1.54, 1.807) is 13.0 Å². The Kier molecular flexibility index (Phi) is 6.03. The molecule has 1 amide bonds. The van der Waals surface area contributed by atoms with Gasteiger partial charge in [-0.25, -0.2) is 4.39 Å². The first-order chi connectivity index (χ1) is 15.5. The Balaban J connectivity index is 1.20. The van der Waals surface area contributed by atoms with Crippen molar-refractivity contribution in [1.29, 1.82) is 0 Å². The summed E-state index contributed by atoms with van der Waals surface area (Å²) in [5.74, 6) is 0.262. The molecule has 2 aliphatic rings. The fourth-order valence-electron chi connectivity index (χ4n) is 5.32. The summed E-state index contributed by atoms with van der Waals surface area (Å²) in [6.07, 6.45) is 5.25. The number of benzene rings is 1. The summed E-state index contributed by atoms with van der Waals surface area (Å²) in [4.78, 5) is 19.2. The van der Waals surface area contributed by atoms with Crippen LogP contribution in [0.1, 0.15) is 59.2 Å². The molecule has 0 aliphatic carbocycles. The average Bonchev–Trinajstić information content (AvgIpc) is 3.37. The number of piperidine rings is 1. The van der Waals surface area contributed by atoms with Crippen LogP contribution in [0.2, 0.25) is 0 Å². The fraction of sp³-hybridized carbons (Fsp3) is 0.520. The Morgan fingerprint density at radius 1 is 1.28 bits per heavy atom. The van der Waals surface area contributed by atoms with E-state index in [9.17, 15) is 9.18 Å². The Bertz CT molecular complexity index is 1130. The van der Waals surface area contributed by atoms with Gasteiger partial charge in [0.05, 0.1) is 12.2 Å². The van der Waals surface area contributed by atoms with Gasteiger partial charge in [0.1, 0.15) is 5.82 Å². The number of thiophene rings is 1. The van der Waals surface area contributed by atoms with Crippen LogP contribution in [-0.4, -0.2) is 47.0 Å². The molecule has 32 heavy (non-hydrogen) atoms. The second-order valence-electron chi connectivity index (χ2n) is 9.02. The molecule has 4 heterocycles. The third-order valence-corrected chi connectivity index (χ3v) is 8.46. The van der Waals surface area contributed by atoms with Gasteiger partial charge in [0.15, 0.2) is 5.58 Å². The van der Waals surface area contributed by atoms with Crippen LogP contribution in [0.25, 0.3) is 11.0 Å². The molecule has 1 fully saturated rings. The average molecular weight is 456 g/mol. The van der Waals surface area contributed by atoms with E-state index in [-0.39, 0.29) is 11.7 Å². The molecule has 170 valence electrons. The van der Waals surface area contributed by atoms with Crippen molar-refractivity contribution in [2.75, 3.05) is 26.2 Å². The molecule has 0 radical (unpaired) electrons. The molecular weight excluding hydrogens is 425 g/mol. The molecule has 0 spiro atoms. The van der Waals surface area contributed by atoms with Gasteiger partial charge in [-0.05, 0) is 68.5 Å². The molecule has 5 rings (SSSR count). The molecule has 2 aliphatic heterocycles. The van der Waals surface area contributed by atoms with E-state index >= 15 is 0 Å². The van der Waals surface area contributed by atoms with E-state index in [4.69, 9.17) is 4.52 Å². The summed E-state index contributed by atoms with van der Waals surface area (Å²) in [7, 11) is 0. The maximum atomic E-state index is 13.4. The normalized spacial score (nSPS) is 17.8. The van der Waals surface area contributed by atoms with E-state index in [1.807, 2.05) is 16.2 Å². The fourth-order valence-corrected chi connectivity index (χ4v) is 6.77. The highest BCUT2D eigenvalue weighted by Crippen LogP contribution is 2.35. The van der Waals surface area contributed by atoms with Gasteiger partial charge in [0.2, 0.25) is 5.91 Å². The lowest BCUT2D eigenvalue weighted by Gasteiger charge is -2.31. The van der Waals surface area contributed by atoms with Gasteiger partial charge in [-0.15, -0.1) is 11.3 Å². The predicted molar refractivity (Wildman–Crippen MR) is 125 cm³/mol. The molecule has 0 bridgehead atoms. The highest BCUT2D eigenvalue weighted by Gasteiger charge is 2.27. The Hall–Kier alpha value is -2.25. The van der Waals surface area contributed by atoms with Gasteiger partial charge in [-0.3, -0.25) is 4.79 Å². The number of nitrogens with zero attached hydrogens (tertiary/aromatic N) is 3. The van der Waals surface area contributed by atoms with Crippen LogP contribution in [-0.2, 0) is 30.6 Å². The van der Waals surface area contributed by atoms with Crippen molar-refractivity contribution in [2.45, 2.75) is 58.4 Å². The summed E-state index contributed by atoms with van der Waals surface area (Å²) < 4.78 is 18.8. The molecule has 3 aromatic rings. The number of hydrogen-bond donors (Lipinski definition) is 0. The Morgan fingerprint density at radius 3 is 2.84 bits per heavy atom. The molecule has 5 nitrogen and oxygen atoms in total. The van der Waals surface area contributed by atoms with E-state index in [0.717, 1.165) is 75.9 Å². The Labute approximate surface area is 192 Å². The molecule has 0 atom stereocenters. The van der Waals surface area contributed by atoms with Gasteiger partial charge >= 0.3 is 0 Å². The highest BCUT2D eigenvalue weighted by atomic mass is 32.1. The van der Waals surface area contributed by atoms with E-state index < -0.39 is 0 Å². The maximum absolute atomic E-state index is 13.4. The number of carbonyl (C=O) groups is 1. The number of fused-ring (bicyclic) bond motifs is 2. The minimum Gasteiger partial charge on any atom is -0.356 e. The number of rotatable bonds is 5. The van der Waals surface area contributed by atoms with Crippen molar-refractivity contribution in [1.82, 2.24) is 15.0 Å². The Morgan fingerprint density at radius 2 is 2.09 bits per heavy atom. The summed E-state index contributed by atoms with van der Waals surface area (Å²) in [5, 5.41) is 5.22. The van der Waals surface area contributed by atoms with E-state index in [2.05, 4.69) is 17.0 Å². The second kappa shape index (κ2) is 8.94. The molecule has 1 saturated heterocycles. The first-order valence-corrected chi connectivity index (χ1v) is 12.5.